The summed E-state index contributed by atoms with van der Waals surface area (Å²) in [6, 6.07) is 72.9. The number of allylic oxidation sites excluding steroid dienone is 3. The van der Waals surface area contributed by atoms with Gasteiger partial charge in [-0.2, -0.15) is 0 Å². The first kappa shape index (κ1) is 36.0. The van der Waals surface area contributed by atoms with E-state index in [2.05, 4.69) is 241 Å². The molecule has 0 saturated carbocycles. The SMILES string of the molecule is C=C(/C=C\C(=C)N(c1ccccc1)c1ccccc1C)c1ccc(N(c2ccccc2)c2ccc(-n3c4ccccc4c4cc(-c5ccccc5)ccc43)cc2)cc1. The summed E-state index contributed by atoms with van der Waals surface area (Å²) in [5.74, 6) is 0. The Bertz CT molecular complexity index is 2900. The Labute approximate surface area is 341 Å². The van der Waals surface area contributed by atoms with Crippen molar-refractivity contribution in [3.8, 4) is 16.8 Å². The Balaban J connectivity index is 1.01. The number of benzene rings is 8. The molecular formula is C55H43N3. The van der Waals surface area contributed by atoms with Gasteiger partial charge in [-0.05, 0) is 126 Å². The van der Waals surface area contributed by atoms with Crippen LogP contribution in [-0.4, -0.2) is 4.57 Å². The lowest BCUT2D eigenvalue weighted by Crippen LogP contribution is -2.15. The normalized spacial score (nSPS) is 11.3. The average molecular weight is 746 g/mol. The third-order valence-corrected chi connectivity index (χ3v) is 10.8. The van der Waals surface area contributed by atoms with Crippen LogP contribution in [0.25, 0.3) is 44.2 Å². The number of hydrogen-bond acceptors (Lipinski definition) is 2. The van der Waals surface area contributed by atoms with Gasteiger partial charge in [-0.15, -0.1) is 0 Å². The maximum Gasteiger partial charge on any atom is 0.0541 e. The smallest absolute Gasteiger partial charge is 0.0541 e. The number of anilines is 5. The fourth-order valence-electron chi connectivity index (χ4n) is 7.88. The van der Waals surface area contributed by atoms with Gasteiger partial charge in [-0.1, -0.05) is 141 Å². The van der Waals surface area contributed by atoms with Crippen molar-refractivity contribution in [2.75, 3.05) is 9.80 Å². The van der Waals surface area contributed by atoms with Crippen molar-refractivity contribution in [2.45, 2.75) is 6.92 Å². The second-order valence-electron chi connectivity index (χ2n) is 14.5. The van der Waals surface area contributed by atoms with Gasteiger partial charge >= 0.3 is 0 Å². The molecule has 0 unspecified atom stereocenters. The zero-order valence-corrected chi connectivity index (χ0v) is 32.5. The summed E-state index contributed by atoms with van der Waals surface area (Å²) in [4.78, 5) is 4.49. The minimum absolute atomic E-state index is 0.856. The molecule has 0 aliphatic rings. The minimum Gasteiger partial charge on any atom is -0.311 e. The maximum absolute atomic E-state index is 4.48. The standard InChI is InChI=1S/C55H43N3/c1-40(27-28-42(3)56(46-20-9-5-10-21-46)53-25-15-13-17-41(53)2)43-29-32-48(33-30-43)57(47-22-11-6-12-23-47)49-34-36-50(37-35-49)58-54-26-16-14-24-51(54)52-39-45(31-38-55(52)58)44-18-7-4-8-19-44/h4-39H,1,3H2,2H3/b28-27-. The predicted octanol–water partition coefficient (Wildman–Crippen LogP) is 15.2. The molecular weight excluding hydrogens is 703 g/mol. The largest absolute Gasteiger partial charge is 0.311 e. The average Bonchev–Trinajstić information content (AvgIpc) is 3.61. The van der Waals surface area contributed by atoms with Crippen molar-refractivity contribution in [3.63, 3.8) is 0 Å². The van der Waals surface area contributed by atoms with Crippen molar-refractivity contribution in [3.05, 3.63) is 248 Å². The highest BCUT2D eigenvalue weighted by atomic mass is 15.1. The van der Waals surface area contributed by atoms with Gasteiger partial charge < -0.3 is 14.4 Å². The first-order valence-electron chi connectivity index (χ1n) is 19.6. The van der Waals surface area contributed by atoms with Crippen LogP contribution in [0.5, 0.6) is 0 Å². The molecule has 0 radical (unpaired) electrons. The van der Waals surface area contributed by atoms with Gasteiger partial charge in [0.25, 0.3) is 0 Å². The minimum atomic E-state index is 0.856. The summed E-state index contributed by atoms with van der Waals surface area (Å²) in [5.41, 5.74) is 15.3. The molecule has 8 aromatic carbocycles. The van der Waals surface area contributed by atoms with E-state index in [4.69, 9.17) is 0 Å². The first-order valence-corrected chi connectivity index (χ1v) is 19.6. The molecule has 0 saturated heterocycles. The van der Waals surface area contributed by atoms with Crippen molar-refractivity contribution in [1.29, 1.82) is 0 Å². The van der Waals surface area contributed by atoms with Crippen LogP contribution in [0.3, 0.4) is 0 Å². The Hall–Kier alpha value is -7.62. The molecule has 0 N–H and O–H groups in total. The second kappa shape index (κ2) is 15.9. The van der Waals surface area contributed by atoms with E-state index < -0.39 is 0 Å². The van der Waals surface area contributed by atoms with Crippen LogP contribution in [0, 0.1) is 6.92 Å². The molecule has 0 aliphatic heterocycles. The number of rotatable bonds is 11. The van der Waals surface area contributed by atoms with Gasteiger partial charge in [-0.3, -0.25) is 0 Å². The summed E-state index contributed by atoms with van der Waals surface area (Å²) in [6.07, 6.45) is 4.10. The molecule has 9 aromatic rings. The molecule has 1 aromatic heterocycles. The van der Waals surface area contributed by atoms with Gasteiger partial charge in [0, 0.05) is 50.6 Å². The summed E-state index contributed by atoms with van der Waals surface area (Å²) in [5, 5.41) is 2.48. The van der Waals surface area contributed by atoms with Crippen LogP contribution in [-0.2, 0) is 0 Å². The van der Waals surface area contributed by atoms with Crippen LogP contribution in [0.4, 0.5) is 28.4 Å². The molecule has 3 nitrogen and oxygen atoms in total. The fourth-order valence-corrected chi connectivity index (χ4v) is 7.88. The molecule has 0 atom stereocenters. The number of para-hydroxylation sites is 4. The monoisotopic (exact) mass is 745 g/mol. The lowest BCUT2D eigenvalue weighted by atomic mass is 10.0. The Kier molecular flexibility index (Phi) is 9.85. The molecule has 9 rings (SSSR count). The lowest BCUT2D eigenvalue weighted by molar-refractivity contribution is 1.17. The molecule has 3 heteroatoms. The number of nitrogens with zero attached hydrogens (tertiary/aromatic N) is 3. The molecule has 0 amide bonds. The van der Waals surface area contributed by atoms with Crippen molar-refractivity contribution in [2.24, 2.45) is 0 Å². The number of aromatic nitrogens is 1. The Morgan fingerprint density at radius 1 is 0.466 bits per heavy atom. The molecule has 0 bridgehead atoms. The van der Waals surface area contributed by atoms with E-state index in [1.165, 1.54) is 38.5 Å². The summed E-state index contributed by atoms with van der Waals surface area (Å²) >= 11 is 0. The van der Waals surface area contributed by atoms with Crippen LogP contribution in [0.1, 0.15) is 11.1 Å². The van der Waals surface area contributed by atoms with Gasteiger partial charge in [-0.25, -0.2) is 0 Å². The number of hydrogen-bond donors (Lipinski definition) is 0. The number of aryl methyl sites for hydroxylation is 1. The first-order chi connectivity index (χ1) is 28.5. The highest BCUT2D eigenvalue weighted by Crippen LogP contribution is 2.39. The third kappa shape index (κ3) is 7.02. The van der Waals surface area contributed by atoms with Crippen molar-refractivity contribution < 1.29 is 0 Å². The predicted molar refractivity (Wildman–Crippen MR) is 248 cm³/mol. The Morgan fingerprint density at radius 2 is 1.02 bits per heavy atom. The van der Waals surface area contributed by atoms with Crippen molar-refractivity contribution in [1.82, 2.24) is 4.57 Å². The molecule has 0 spiro atoms. The maximum atomic E-state index is 4.48. The van der Waals surface area contributed by atoms with E-state index in [9.17, 15) is 0 Å². The second-order valence-corrected chi connectivity index (χ2v) is 14.5. The molecule has 58 heavy (non-hydrogen) atoms. The van der Waals surface area contributed by atoms with Crippen LogP contribution in [0.2, 0.25) is 0 Å². The molecule has 0 aliphatic carbocycles. The van der Waals surface area contributed by atoms with Crippen LogP contribution >= 0.6 is 0 Å². The van der Waals surface area contributed by atoms with Gasteiger partial charge in [0.1, 0.15) is 0 Å². The summed E-state index contributed by atoms with van der Waals surface area (Å²) in [7, 11) is 0. The van der Waals surface area contributed by atoms with Crippen molar-refractivity contribution >= 4 is 55.8 Å². The van der Waals surface area contributed by atoms with E-state index in [1.807, 2.05) is 12.1 Å². The van der Waals surface area contributed by atoms with E-state index in [0.717, 1.165) is 51.0 Å². The zero-order chi connectivity index (χ0) is 39.4. The highest BCUT2D eigenvalue weighted by molar-refractivity contribution is 6.10. The zero-order valence-electron chi connectivity index (χ0n) is 32.5. The molecule has 0 fully saturated rings. The lowest BCUT2D eigenvalue weighted by Gasteiger charge is -2.27. The van der Waals surface area contributed by atoms with E-state index in [0.29, 0.717) is 0 Å². The third-order valence-electron chi connectivity index (χ3n) is 10.8. The quantitative estimate of drug-likeness (QED) is 0.122. The van der Waals surface area contributed by atoms with E-state index in [1.54, 1.807) is 0 Å². The van der Waals surface area contributed by atoms with Crippen LogP contribution < -0.4 is 9.80 Å². The van der Waals surface area contributed by atoms with Gasteiger partial charge in [0.15, 0.2) is 0 Å². The van der Waals surface area contributed by atoms with E-state index >= 15 is 0 Å². The summed E-state index contributed by atoms with van der Waals surface area (Å²) < 4.78 is 2.37. The Morgan fingerprint density at radius 3 is 1.71 bits per heavy atom. The summed E-state index contributed by atoms with van der Waals surface area (Å²) in [6.45, 7) is 11.0. The van der Waals surface area contributed by atoms with Gasteiger partial charge in [0.05, 0.1) is 11.0 Å². The topological polar surface area (TPSA) is 11.4 Å². The van der Waals surface area contributed by atoms with E-state index in [-0.39, 0.29) is 0 Å². The fraction of sp³-hybridized carbons (Fsp3) is 0.0182. The molecule has 1 heterocycles. The number of fused-ring (bicyclic) bond motifs is 3. The van der Waals surface area contributed by atoms with Gasteiger partial charge in [0.2, 0.25) is 0 Å². The highest BCUT2D eigenvalue weighted by Gasteiger charge is 2.17. The molecule has 278 valence electrons. The van der Waals surface area contributed by atoms with Crippen LogP contribution in [0.15, 0.2) is 237 Å².